The third-order valence-electron chi connectivity index (χ3n) is 3.35. The Balaban J connectivity index is 2.42. The van der Waals surface area contributed by atoms with Crippen molar-refractivity contribution in [2.24, 2.45) is 0 Å². The molecule has 2 unspecified atom stereocenters. The topological polar surface area (TPSA) is 73.2 Å². The van der Waals surface area contributed by atoms with E-state index in [1.165, 1.54) is 22.5 Å². The van der Waals surface area contributed by atoms with E-state index in [0.717, 1.165) is 0 Å². The van der Waals surface area contributed by atoms with Crippen LogP contribution in [0.15, 0.2) is 23.1 Å². The summed E-state index contributed by atoms with van der Waals surface area (Å²) in [6.07, 6.45) is 0. The summed E-state index contributed by atoms with van der Waals surface area (Å²) in [4.78, 5) is 0.0547. The van der Waals surface area contributed by atoms with Crippen molar-refractivity contribution in [3.05, 3.63) is 28.8 Å². The molecule has 108 valence electrons. The van der Waals surface area contributed by atoms with Crippen molar-refractivity contribution in [1.29, 1.82) is 5.26 Å². The van der Waals surface area contributed by atoms with Crippen molar-refractivity contribution in [2.75, 3.05) is 13.1 Å². The van der Waals surface area contributed by atoms with E-state index in [1.807, 2.05) is 19.9 Å². The molecule has 1 saturated heterocycles. The molecular formula is C13H16ClN3O2S. The number of rotatable bonds is 2. The summed E-state index contributed by atoms with van der Waals surface area (Å²) >= 11 is 6.02. The van der Waals surface area contributed by atoms with E-state index >= 15 is 0 Å². The Morgan fingerprint density at radius 3 is 2.75 bits per heavy atom. The van der Waals surface area contributed by atoms with E-state index in [9.17, 15) is 8.42 Å². The predicted molar refractivity (Wildman–Crippen MR) is 77.0 cm³/mol. The molecule has 7 heteroatoms. The molecule has 0 saturated carbocycles. The number of sulfonamides is 1. The minimum atomic E-state index is -3.65. The molecule has 5 nitrogen and oxygen atoms in total. The second kappa shape index (κ2) is 5.70. The van der Waals surface area contributed by atoms with Gasteiger partial charge < -0.3 is 5.32 Å². The van der Waals surface area contributed by atoms with Crippen molar-refractivity contribution in [1.82, 2.24) is 9.62 Å². The molecule has 2 rings (SSSR count). The number of hydrogen-bond acceptors (Lipinski definition) is 4. The first-order valence-corrected chi connectivity index (χ1v) is 8.13. The third-order valence-corrected chi connectivity index (χ3v) is 5.82. The number of nitrogens with zero attached hydrogens (tertiary/aromatic N) is 2. The number of nitriles is 1. The highest BCUT2D eigenvalue weighted by atomic mass is 35.5. The van der Waals surface area contributed by atoms with E-state index < -0.39 is 10.0 Å². The quantitative estimate of drug-likeness (QED) is 0.899. The fraction of sp³-hybridized carbons (Fsp3) is 0.462. The summed E-state index contributed by atoms with van der Waals surface area (Å²) in [5.74, 6) is 0. The molecule has 1 aromatic rings. The predicted octanol–water partition coefficient (Wildman–Crippen LogP) is 1.58. The molecular weight excluding hydrogens is 298 g/mol. The van der Waals surface area contributed by atoms with Gasteiger partial charge in [-0.2, -0.15) is 9.57 Å². The molecule has 1 aliphatic heterocycles. The minimum Gasteiger partial charge on any atom is -0.311 e. The highest BCUT2D eigenvalue weighted by Gasteiger charge is 2.34. The highest BCUT2D eigenvalue weighted by Crippen LogP contribution is 2.27. The van der Waals surface area contributed by atoms with Gasteiger partial charge in [0.25, 0.3) is 0 Å². The third kappa shape index (κ3) is 2.81. The van der Waals surface area contributed by atoms with Gasteiger partial charge in [-0.25, -0.2) is 8.42 Å². The second-order valence-corrected chi connectivity index (χ2v) is 7.26. The number of halogens is 1. The van der Waals surface area contributed by atoms with Crippen LogP contribution >= 0.6 is 11.6 Å². The lowest BCUT2D eigenvalue weighted by Crippen LogP contribution is -2.56. The highest BCUT2D eigenvalue weighted by molar-refractivity contribution is 7.89. The van der Waals surface area contributed by atoms with Gasteiger partial charge in [-0.05, 0) is 32.0 Å². The number of hydrogen-bond donors (Lipinski definition) is 1. The SMILES string of the molecule is CC1CN(S(=O)(=O)c2ccc(C#N)cc2Cl)C(C)CN1. The zero-order chi connectivity index (χ0) is 14.9. The van der Waals surface area contributed by atoms with Gasteiger partial charge in [-0.15, -0.1) is 0 Å². The maximum Gasteiger partial charge on any atom is 0.244 e. The van der Waals surface area contributed by atoms with Crippen LogP contribution in [0.1, 0.15) is 19.4 Å². The van der Waals surface area contributed by atoms with Gasteiger partial charge in [0.05, 0.1) is 16.7 Å². The molecule has 1 heterocycles. The average Bonchev–Trinajstić information content (AvgIpc) is 2.40. The first-order valence-electron chi connectivity index (χ1n) is 6.31. The van der Waals surface area contributed by atoms with E-state index in [-0.39, 0.29) is 22.0 Å². The van der Waals surface area contributed by atoms with Gasteiger partial charge in [-0.3, -0.25) is 0 Å². The summed E-state index contributed by atoms with van der Waals surface area (Å²) in [5.41, 5.74) is 0.343. The van der Waals surface area contributed by atoms with Crippen LogP contribution in [0.2, 0.25) is 5.02 Å². The van der Waals surface area contributed by atoms with E-state index in [2.05, 4.69) is 5.32 Å². The Morgan fingerprint density at radius 1 is 1.45 bits per heavy atom. The van der Waals surface area contributed by atoms with Gasteiger partial charge >= 0.3 is 0 Å². The molecule has 0 radical (unpaired) electrons. The molecule has 20 heavy (non-hydrogen) atoms. The maximum atomic E-state index is 12.7. The minimum absolute atomic E-state index is 0.0547. The Kier molecular flexibility index (Phi) is 4.35. The lowest BCUT2D eigenvalue weighted by molar-refractivity contribution is 0.244. The number of benzene rings is 1. The van der Waals surface area contributed by atoms with Crippen LogP contribution in [0.5, 0.6) is 0 Å². The van der Waals surface area contributed by atoms with Crippen molar-refractivity contribution < 1.29 is 8.42 Å². The zero-order valence-corrected chi connectivity index (χ0v) is 12.9. The molecule has 0 amide bonds. The number of piperazine rings is 1. The number of nitrogens with one attached hydrogen (secondary N) is 1. The van der Waals surface area contributed by atoms with E-state index in [1.54, 1.807) is 0 Å². The molecule has 0 bridgehead atoms. The average molecular weight is 314 g/mol. The van der Waals surface area contributed by atoms with Crippen LogP contribution in [0.3, 0.4) is 0 Å². The van der Waals surface area contributed by atoms with Gasteiger partial charge in [0, 0.05) is 25.2 Å². The largest absolute Gasteiger partial charge is 0.311 e. The summed E-state index contributed by atoms with van der Waals surface area (Å²) < 4.78 is 26.8. The van der Waals surface area contributed by atoms with Crippen LogP contribution in [-0.2, 0) is 10.0 Å². The van der Waals surface area contributed by atoms with Gasteiger partial charge in [0.15, 0.2) is 0 Å². The summed E-state index contributed by atoms with van der Waals surface area (Å²) in [6.45, 7) is 4.80. The first-order chi connectivity index (χ1) is 9.36. The lowest BCUT2D eigenvalue weighted by Gasteiger charge is -2.36. The van der Waals surface area contributed by atoms with Crippen LogP contribution in [-0.4, -0.2) is 37.9 Å². The Morgan fingerprint density at radius 2 is 2.15 bits per heavy atom. The molecule has 1 aliphatic rings. The smallest absolute Gasteiger partial charge is 0.244 e. The van der Waals surface area contributed by atoms with E-state index in [4.69, 9.17) is 16.9 Å². The fourth-order valence-electron chi connectivity index (χ4n) is 2.23. The van der Waals surface area contributed by atoms with Gasteiger partial charge in [0.2, 0.25) is 10.0 Å². The van der Waals surface area contributed by atoms with Crippen LogP contribution in [0.4, 0.5) is 0 Å². The van der Waals surface area contributed by atoms with Crippen molar-refractivity contribution in [3.63, 3.8) is 0 Å². The Labute approximate surface area is 124 Å². The standard InChI is InChI=1S/C13H16ClN3O2S/c1-9-8-17(10(2)7-16-9)20(18,19)13-4-3-11(6-15)5-12(13)14/h3-5,9-10,16H,7-8H2,1-2H3. The molecule has 2 atom stereocenters. The second-order valence-electron chi connectivity index (χ2n) is 4.99. The zero-order valence-electron chi connectivity index (χ0n) is 11.3. The van der Waals surface area contributed by atoms with Crippen LogP contribution in [0.25, 0.3) is 0 Å². The molecule has 0 aromatic heterocycles. The molecule has 0 aliphatic carbocycles. The Bertz CT molecular complexity index is 654. The lowest BCUT2D eigenvalue weighted by atomic mass is 10.2. The van der Waals surface area contributed by atoms with Gasteiger partial charge in [0.1, 0.15) is 4.90 Å². The van der Waals surface area contributed by atoms with E-state index in [0.29, 0.717) is 18.7 Å². The summed E-state index contributed by atoms with van der Waals surface area (Å²) in [5, 5.41) is 12.1. The molecule has 1 aromatic carbocycles. The van der Waals surface area contributed by atoms with Crippen LogP contribution < -0.4 is 5.32 Å². The molecule has 0 spiro atoms. The monoisotopic (exact) mass is 313 g/mol. The molecule has 1 N–H and O–H groups in total. The summed E-state index contributed by atoms with van der Waals surface area (Å²) in [6, 6.07) is 6.14. The normalized spacial score (nSPS) is 24.3. The maximum absolute atomic E-state index is 12.7. The van der Waals surface area contributed by atoms with Gasteiger partial charge in [-0.1, -0.05) is 11.6 Å². The first kappa shape index (κ1) is 15.3. The van der Waals surface area contributed by atoms with Crippen molar-refractivity contribution >= 4 is 21.6 Å². The van der Waals surface area contributed by atoms with Crippen molar-refractivity contribution in [3.8, 4) is 6.07 Å². The van der Waals surface area contributed by atoms with Crippen molar-refractivity contribution in [2.45, 2.75) is 30.8 Å². The molecule has 1 fully saturated rings. The Hall–Kier alpha value is -1.13. The fourth-order valence-corrected chi connectivity index (χ4v) is 4.47. The summed E-state index contributed by atoms with van der Waals surface area (Å²) in [7, 11) is -3.65. The van der Waals surface area contributed by atoms with Crippen LogP contribution in [0, 0.1) is 11.3 Å².